The van der Waals surface area contributed by atoms with Crippen LogP contribution in [-0.2, 0) is 16.1 Å². The van der Waals surface area contributed by atoms with E-state index in [2.05, 4.69) is 46.6 Å². The van der Waals surface area contributed by atoms with E-state index in [1.54, 1.807) is 43.6 Å². The normalized spacial score (nSPS) is 11.6. The highest BCUT2D eigenvalue weighted by Crippen LogP contribution is 2.32. The average Bonchev–Trinajstić information content (AvgIpc) is 3.62. The Balaban J connectivity index is 0.000000908. The SMILES string of the molecule is CCCN(CC(C)C)C[C@@H](OC(=O)NCc1cccc(NC(=O)Nc2ccc(-c3cnco3)c(OC)c2)c1)c1ccccc1.O=C(O)C(F)(F)F. The fourth-order valence-corrected chi connectivity index (χ4v) is 4.92. The fraction of sp³-hybridized carbons (Fsp3) is 0.333. The summed E-state index contributed by atoms with van der Waals surface area (Å²) < 4.78 is 48.5. The maximum absolute atomic E-state index is 12.9. The largest absolute Gasteiger partial charge is 0.496 e. The van der Waals surface area contributed by atoms with E-state index in [-0.39, 0.29) is 6.54 Å². The Morgan fingerprint density at radius 1 is 0.961 bits per heavy atom. The van der Waals surface area contributed by atoms with Crippen molar-refractivity contribution in [2.45, 2.75) is 46.0 Å². The molecule has 1 heterocycles. The number of halogens is 3. The van der Waals surface area contributed by atoms with Crippen LogP contribution in [0, 0.1) is 5.92 Å². The van der Waals surface area contributed by atoms with E-state index in [4.69, 9.17) is 23.8 Å². The number of anilines is 2. The number of carboxylic acids is 1. The molecule has 0 aliphatic heterocycles. The molecule has 274 valence electrons. The Morgan fingerprint density at radius 2 is 1.65 bits per heavy atom. The molecule has 0 fully saturated rings. The lowest BCUT2D eigenvalue weighted by Gasteiger charge is -2.28. The molecule has 0 aliphatic carbocycles. The van der Waals surface area contributed by atoms with E-state index in [1.165, 1.54) is 6.39 Å². The minimum absolute atomic E-state index is 0.239. The van der Waals surface area contributed by atoms with Gasteiger partial charge in [0, 0.05) is 37.1 Å². The lowest BCUT2D eigenvalue weighted by Crippen LogP contribution is -2.35. The van der Waals surface area contributed by atoms with Crippen LogP contribution >= 0.6 is 0 Å². The summed E-state index contributed by atoms with van der Waals surface area (Å²) >= 11 is 0. The number of ether oxygens (including phenoxy) is 2. The van der Waals surface area contributed by atoms with E-state index in [1.807, 2.05) is 42.5 Å². The van der Waals surface area contributed by atoms with E-state index in [0.29, 0.717) is 35.3 Å². The number of oxazole rings is 1. The second kappa shape index (κ2) is 19.6. The number of amides is 3. The van der Waals surface area contributed by atoms with Gasteiger partial charge in [-0.05, 0) is 54.3 Å². The summed E-state index contributed by atoms with van der Waals surface area (Å²) in [5.74, 6) is -1.16. The lowest BCUT2D eigenvalue weighted by molar-refractivity contribution is -0.192. The monoisotopic (exact) mass is 713 g/mol. The molecule has 0 radical (unpaired) electrons. The van der Waals surface area contributed by atoms with Crippen LogP contribution in [0.3, 0.4) is 0 Å². The van der Waals surface area contributed by atoms with Crippen molar-refractivity contribution in [2.24, 2.45) is 5.92 Å². The number of aliphatic carboxylic acids is 1. The first-order valence-electron chi connectivity index (χ1n) is 16.0. The summed E-state index contributed by atoms with van der Waals surface area (Å²) in [4.78, 5) is 40.8. The third-order valence-corrected chi connectivity index (χ3v) is 7.03. The number of carboxylic acid groups (broad SMARTS) is 1. The number of benzene rings is 3. The molecule has 4 aromatic rings. The maximum Gasteiger partial charge on any atom is 0.490 e. The van der Waals surface area contributed by atoms with Crippen LogP contribution in [0.2, 0.25) is 0 Å². The van der Waals surface area contributed by atoms with Crippen LogP contribution in [0.25, 0.3) is 11.3 Å². The molecule has 0 bridgehead atoms. The van der Waals surface area contributed by atoms with Crippen LogP contribution in [0.5, 0.6) is 5.75 Å². The standard InChI is InChI=1S/C34H41N5O5.C2HF3O2/c1-5-16-39(21-24(2)3)22-32(26-11-7-6-8-12-26)44-34(41)36-19-25-10-9-13-27(17-25)37-33(40)38-28-14-15-29(30(18-28)42-4)31-20-35-23-43-31;3-2(4,5)1(6)7/h6-15,17-18,20,23-24,32H,5,16,19,21-22H2,1-4H3,(H,36,41)(H2,37,38,40);(H,6,7)/t32-;/m1./s1. The molecular weight excluding hydrogens is 671 g/mol. The van der Waals surface area contributed by atoms with Crippen molar-refractivity contribution in [3.63, 3.8) is 0 Å². The molecule has 15 heteroatoms. The summed E-state index contributed by atoms with van der Waals surface area (Å²) in [5.41, 5.74) is 3.60. The van der Waals surface area contributed by atoms with E-state index < -0.39 is 30.4 Å². The Kier molecular flexibility index (Phi) is 15.3. The van der Waals surface area contributed by atoms with Crippen molar-refractivity contribution in [3.05, 3.63) is 96.5 Å². The maximum atomic E-state index is 12.9. The van der Waals surface area contributed by atoms with Gasteiger partial charge in [0.1, 0.15) is 11.9 Å². The molecule has 0 unspecified atom stereocenters. The van der Waals surface area contributed by atoms with Crippen molar-refractivity contribution in [3.8, 4) is 17.1 Å². The third-order valence-electron chi connectivity index (χ3n) is 7.03. The smallest absolute Gasteiger partial charge is 0.490 e. The number of hydrogen-bond acceptors (Lipinski definition) is 8. The molecule has 3 aromatic carbocycles. The molecule has 4 N–H and O–H groups in total. The lowest BCUT2D eigenvalue weighted by atomic mass is 10.1. The summed E-state index contributed by atoms with van der Waals surface area (Å²) in [5, 5.41) is 15.6. The molecule has 4 rings (SSSR count). The van der Waals surface area contributed by atoms with Gasteiger partial charge in [-0.1, -0.05) is 63.2 Å². The van der Waals surface area contributed by atoms with Gasteiger partial charge in [-0.3, -0.25) is 4.90 Å². The molecule has 0 aliphatic rings. The number of carbonyl (C=O) groups excluding carboxylic acids is 2. The van der Waals surface area contributed by atoms with Crippen LogP contribution in [0.1, 0.15) is 44.4 Å². The van der Waals surface area contributed by atoms with Gasteiger partial charge in [-0.15, -0.1) is 0 Å². The number of urea groups is 1. The van der Waals surface area contributed by atoms with Gasteiger partial charge in [0.15, 0.2) is 12.2 Å². The quantitative estimate of drug-likeness (QED) is 0.102. The fourth-order valence-electron chi connectivity index (χ4n) is 4.92. The third kappa shape index (κ3) is 13.7. The zero-order chi connectivity index (χ0) is 37.4. The van der Waals surface area contributed by atoms with Gasteiger partial charge >= 0.3 is 24.3 Å². The number of rotatable bonds is 14. The highest BCUT2D eigenvalue weighted by atomic mass is 19.4. The van der Waals surface area contributed by atoms with Gasteiger partial charge in [0.25, 0.3) is 0 Å². The van der Waals surface area contributed by atoms with Crippen molar-refractivity contribution in [2.75, 3.05) is 37.4 Å². The molecule has 51 heavy (non-hydrogen) atoms. The number of nitrogens with zero attached hydrogens (tertiary/aromatic N) is 2. The second-order valence-corrected chi connectivity index (χ2v) is 11.7. The number of nitrogens with one attached hydrogen (secondary N) is 3. The summed E-state index contributed by atoms with van der Waals surface area (Å²) in [7, 11) is 1.55. The molecule has 0 saturated heterocycles. The molecule has 0 saturated carbocycles. The highest BCUT2D eigenvalue weighted by molar-refractivity contribution is 6.00. The van der Waals surface area contributed by atoms with Gasteiger partial charge in [0.05, 0.1) is 18.9 Å². The predicted octanol–water partition coefficient (Wildman–Crippen LogP) is 7.96. The van der Waals surface area contributed by atoms with Crippen molar-refractivity contribution < 1.29 is 46.6 Å². The number of methoxy groups -OCH3 is 1. The minimum atomic E-state index is -5.08. The van der Waals surface area contributed by atoms with Gasteiger partial charge in [-0.25, -0.2) is 19.4 Å². The zero-order valence-corrected chi connectivity index (χ0v) is 28.7. The Bertz CT molecular complexity index is 1690. The van der Waals surface area contributed by atoms with Gasteiger partial charge < -0.3 is 34.9 Å². The summed E-state index contributed by atoms with van der Waals surface area (Å²) in [6, 6.07) is 21.9. The number of aromatic nitrogens is 1. The Labute approximate surface area is 294 Å². The van der Waals surface area contributed by atoms with Crippen LogP contribution < -0.4 is 20.7 Å². The minimum Gasteiger partial charge on any atom is -0.496 e. The van der Waals surface area contributed by atoms with E-state index in [0.717, 1.165) is 36.2 Å². The topological polar surface area (TPSA) is 155 Å². The number of hydrogen-bond donors (Lipinski definition) is 4. The van der Waals surface area contributed by atoms with Gasteiger partial charge in [-0.2, -0.15) is 13.2 Å². The first kappa shape index (κ1) is 39.9. The molecule has 0 spiro atoms. The van der Waals surface area contributed by atoms with Crippen molar-refractivity contribution >= 4 is 29.5 Å². The summed E-state index contributed by atoms with van der Waals surface area (Å²) in [6.07, 6.45) is -2.03. The molecule has 1 aromatic heterocycles. The zero-order valence-electron chi connectivity index (χ0n) is 28.7. The average molecular weight is 714 g/mol. The first-order chi connectivity index (χ1) is 24.3. The van der Waals surface area contributed by atoms with Gasteiger partial charge in [0.2, 0.25) is 0 Å². The Hall–Kier alpha value is -5.57. The predicted molar refractivity (Wildman–Crippen MR) is 185 cm³/mol. The van der Waals surface area contributed by atoms with Crippen molar-refractivity contribution in [1.29, 1.82) is 0 Å². The number of alkyl halides is 3. The van der Waals surface area contributed by atoms with Crippen LogP contribution in [-0.4, -0.2) is 66.0 Å². The number of carbonyl (C=O) groups is 3. The molecule has 1 atom stereocenters. The van der Waals surface area contributed by atoms with E-state index >= 15 is 0 Å². The number of alkyl carbamates (subject to hydrolysis) is 1. The molecular formula is C36H42F3N5O7. The molecule has 12 nitrogen and oxygen atoms in total. The van der Waals surface area contributed by atoms with Crippen LogP contribution in [0.15, 0.2) is 89.8 Å². The first-order valence-corrected chi connectivity index (χ1v) is 16.0. The van der Waals surface area contributed by atoms with Crippen molar-refractivity contribution in [1.82, 2.24) is 15.2 Å². The van der Waals surface area contributed by atoms with E-state index in [9.17, 15) is 22.8 Å². The Morgan fingerprint density at radius 3 is 2.24 bits per heavy atom. The second-order valence-electron chi connectivity index (χ2n) is 11.7. The highest BCUT2D eigenvalue weighted by Gasteiger charge is 2.38. The summed E-state index contributed by atoms with van der Waals surface area (Å²) in [6.45, 7) is 9.25. The van der Waals surface area contributed by atoms with Crippen LogP contribution in [0.4, 0.5) is 34.1 Å². The molecule has 3 amide bonds.